The van der Waals surface area contributed by atoms with Gasteiger partial charge in [-0.05, 0) is 17.2 Å². The molecule has 0 unspecified atom stereocenters. The van der Waals surface area contributed by atoms with Crippen LogP contribution in [0.15, 0.2) is 23.3 Å². The molecule has 0 saturated carbocycles. The van der Waals surface area contributed by atoms with E-state index in [2.05, 4.69) is 15.3 Å². The summed E-state index contributed by atoms with van der Waals surface area (Å²) in [4.78, 5) is 14.2. The van der Waals surface area contributed by atoms with Gasteiger partial charge in [-0.25, -0.2) is 0 Å². The molecule has 0 aromatic heterocycles. The molecule has 2 rings (SSSR count). The highest BCUT2D eigenvalue weighted by atomic mass is 16.1. The van der Waals surface area contributed by atoms with Crippen LogP contribution in [0.3, 0.4) is 0 Å². The fourth-order valence-corrected chi connectivity index (χ4v) is 2.03. The standard InChI is InChI=1S/C11H12N4O/c1-11(2)6-10(16)13-9-5-7(14-15-12)3-4-8(9)11/h3-5H,6H2,1-2H3,(H,13,16). The number of azide groups is 1. The minimum Gasteiger partial charge on any atom is -0.326 e. The minimum atomic E-state index is -0.174. The summed E-state index contributed by atoms with van der Waals surface area (Å²) in [6, 6.07) is 5.37. The molecular weight excluding hydrogens is 204 g/mol. The Morgan fingerprint density at radius 1 is 1.50 bits per heavy atom. The predicted molar refractivity (Wildman–Crippen MR) is 61.5 cm³/mol. The molecule has 0 fully saturated rings. The van der Waals surface area contributed by atoms with E-state index in [0.717, 1.165) is 11.3 Å². The molecule has 0 aliphatic carbocycles. The van der Waals surface area contributed by atoms with Gasteiger partial charge in [-0.1, -0.05) is 31.1 Å². The van der Waals surface area contributed by atoms with E-state index in [-0.39, 0.29) is 11.3 Å². The van der Waals surface area contributed by atoms with Gasteiger partial charge in [0.2, 0.25) is 5.91 Å². The molecule has 1 heterocycles. The zero-order chi connectivity index (χ0) is 11.8. The van der Waals surface area contributed by atoms with Gasteiger partial charge in [0.15, 0.2) is 0 Å². The van der Waals surface area contributed by atoms with Crippen molar-refractivity contribution >= 4 is 17.3 Å². The lowest BCUT2D eigenvalue weighted by Crippen LogP contribution is -2.32. The van der Waals surface area contributed by atoms with E-state index >= 15 is 0 Å². The lowest BCUT2D eigenvalue weighted by molar-refractivity contribution is -0.117. The quantitative estimate of drug-likeness (QED) is 0.436. The van der Waals surface area contributed by atoms with Crippen LogP contribution in [-0.2, 0) is 10.2 Å². The SMILES string of the molecule is CC1(C)CC(=O)Nc2cc(N=[N+]=[N-])ccc21. The Kier molecular flexibility index (Phi) is 2.33. The Labute approximate surface area is 93.1 Å². The first-order valence-corrected chi connectivity index (χ1v) is 5.02. The van der Waals surface area contributed by atoms with Gasteiger partial charge in [-0.15, -0.1) is 0 Å². The molecule has 0 saturated heterocycles. The van der Waals surface area contributed by atoms with Crippen molar-refractivity contribution in [2.75, 3.05) is 5.32 Å². The van der Waals surface area contributed by atoms with Crippen LogP contribution < -0.4 is 5.32 Å². The normalized spacial score (nSPS) is 17.0. The molecule has 5 heteroatoms. The number of hydrogen-bond acceptors (Lipinski definition) is 2. The summed E-state index contributed by atoms with van der Waals surface area (Å²) >= 11 is 0. The van der Waals surface area contributed by atoms with E-state index in [4.69, 9.17) is 5.53 Å². The third-order valence-electron chi connectivity index (χ3n) is 2.77. The second-order valence-electron chi connectivity index (χ2n) is 4.53. The predicted octanol–water partition coefficient (Wildman–Crippen LogP) is 3.25. The average Bonchev–Trinajstić information content (AvgIpc) is 2.15. The number of carbonyl (C=O) groups is 1. The van der Waals surface area contributed by atoms with Gasteiger partial charge in [0.25, 0.3) is 0 Å². The third kappa shape index (κ3) is 1.73. The van der Waals surface area contributed by atoms with Crippen molar-refractivity contribution < 1.29 is 4.79 Å². The Balaban J connectivity index is 2.54. The topological polar surface area (TPSA) is 77.9 Å². The van der Waals surface area contributed by atoms with Crippen LogP contribution in [0.1, 0.15) is 25.8 Å². The molecule has 5 nitrogen and oxygen atoms in total. The van der Waals surface area contributed by atoms with Gasteiger partial charge < -0.3 is 5.32 Å². The van der Waals surface area contributed by atoms with Gasteiger partial charge in [-0.3, -0.25) is 4.79 Å². The van der Waals surface area contributed by atoms with Crippen molar-refractivity contribution in [1.29, 1.82) is 0 Å². The highest BCUT2D eigenvalue weighted by molar-refractivity contribution is 5.96. The average molecular weight is 216 g/mol. The van der Waals surface area contributed by atoms with Gasteiger partial charge >= 0.3 is 0 Å². The molecule has 0 bridgehead atoms. The molecule has 1 amide bonds. The van der Waals surface area contributed by atoms with Crippen LogP contribution in [-0.4, -0.2) is 5.91 Å². The number of nitrogens with one attached hydrogen (secondary N) is 1. The molecule has 1 aliphatic rings. The molecular formula is C11H12N4O. The van der Waals surface area contributed by atoms with Crippen LogP contribution >= 0.6 is 0 Å². The number of nitrogens with zero attached hydrogens (tertiary/aromatic N) is 3. The number of fused-ring (bicyclic) bond motifs is 1. The first-order valence-electron chi connectivity index (χ1n) is 5.02. The lowest BCUT2D eigenvalue weighted by Gasteiger charge is -2.32. The highest BCUT2D eigenvalue weighted by Crippen LogP contribution is 2.38. The molecule has 16 heavy (non-hydrogen) atoms. The molecule has 0 spiro atoms. The van der Waals surface area contributed by atoms with E-state index in [1.807, 2.05) is 19.9 Å². The van der Waals surface area contributed by atoms with Crippen molar-refractivity contribution in [3.8, 4) is 0 Å². The summed E-state index contributed by atoms with van der Waals surface area (Å²) in [6.07, 6.45) is 0.473. The van der Waals surface area contributed by atoms with Crippen LogP contribution in [0, 0.1) is 0 Å². The van der Waals surface area contributed by atoms with Gasteiger partial charge in [-0.2, -0.15) is 0 Å². The molecule has 1 aliphatic heterocycles. The lowest BCUT2D eigenvalue weighted by atomic mass is 9.78. The number of hydrogen-bond donors (Lipinski definition) is 1. The molecule has 1 N–H and O–H groups in total. The number of anilines is 1. The van der Waals surface area contributed by atoms with E-state index in [9.17, 15) is 4.79 Å². The van der Waals surface area contributed by atoms with Crippen LogP contribution in [0.25, 0.3) is 10.4 Å². The Morgan fingerprint density at radius 2 is 2.25 bits per heavy atom. The number of rotatable bonds is 1. The summed E-state index contributed by atoms with van der Waals surface area (Å²) in [7, 11) is 0. The van der Waals surface area contributed by atoms with Gasteiger partial charge in [0, 0.05) is 28.1 Å². The molecule has 82 valence electrons. The Bertz CT molecular complexity index is 501. The highest BCUT2D eigenvalue weighted by Gasteiger charge is 2.31. The van der Waals surface area contributed by atoms with E-state index in [1.54, 1.807) is 12.1 Å². The summed E-state index contributed by atoms with van der Waals surface area (Å²) in [6.45, 7) is 4.05. The van der Waals surface area contributed by atoms with Crippen molar-refractivity contribution in [1.82, 2.24) is 0 Å². The Hall–Kier alpha value is -2.00. The second kappa shape index (κ2) is 3.54. The van der Waals surface area contributed by atoms with Crippen molar-refractivity contribution in [2.24, 2.45) is 5.11 Å². The molecule has 0 atom stereocenters. The van der Waals surface area contributed by atoms with Crippen molar-refractivity contribution in [2.45, 2.75) is 25.7 Å². The number of benzene rings is 1. The maximum absolute atomic E-state index is 11.5. The summed E-state index contributed by atoms with van der Waals surface area (Å²) in [5.74, 6) is -0.00409. The minimum absolute atomic E-state index is 0.00409. The first-order chi connectivity index (χ1) is 7.53. The summed E-state index contributed by atoms with van der Waals surface area (Å²) < 4.78 is 0. The largest absolute Gasteiger partial charge is 0.326 e. The third-order valence-corrected chi connectivity index (χ3v) is 2.77. The molecule has 0 radical (unpaired) electrons. The smallest absolute Gasteiger partial charge is 0.225 e. The summed E-state index contributed by atoms with van der Waals surface area (Å²) in [5.41, 5.74) is 10.5. The number of amides is 1. The van der Waals surface area contributed by atoms with E-state index < -0.39 is 0 Å². The maximum atomic E-state index is 11.5. The van der Waals surface area contributed by atoms with Crippen molar-refractivity contribution in [3.05, 3.63) is 34.2 Å². The zero-order valence-corrected chi connectivity index (χ0v) is 9.19. The fourth-order valence-electron chi connectivity index (χ4n) is 2.03. The van der Waals surface area contributed by atoms with Crippen molar-refractivity contribution in [3.63, 3.8) is 0 Å². The van der Waals surface area contributed by atoms with Crippen LogP contribution in [0.4, 0.5) is 11.4 Å². The maximum Gasteiger partial charge on any atom is 0.225 e. The molecule has 1 aromatic carbocycles. The van der Waals surface area contributed by atoms with Gasteiger partial charge in [0.05, 0.1) is 0 Å². The van der Waals surface area contributed by atoms with Crippen LogP contribution in [0.5, 0.6) is 0 Å². The molecule has 1 aromatic rings. The summed E-state index contributed by atoms with van der Waals surface area (Å²) in [5, 5.41) is 6.31. The number of carbonyl (C=O) groups excluding carboxylic acids is 1. The first kappa shape index (κ1) is 10.5. The Morgan fingerprint density at radius 3 is 2.94 bits per heavy atom. The van der Waals surface area contributed by atoms with Gasteiger partial charge in [0.1, 0.15) is 0 Å². The van der Waals surface area contributed by atoms with Crippen LogP contribution in [0.2, 0.25) is 0 Å². The van der Waals surface area contributed by atoms with E-state index in [0.29, 0.717) is 12.1 Å². The fraction of sp³-hybridized carbons (Fsp3) is 0.364. The second-order valence-corrected chi connectivity index (χ2v) is 4.53. The monoisotopic (exact) mass is 216 g/mol. The van der Waals surface area contributed by atoms with E-state index in [1.165, 1.54) is 0 Å². The zero-order valence-electron chi connectivity index (χ0n) is 9.19.